The Kier molecular flexibility index (Phi) is 22.9. The molecule has 0 radical (unpaired) electrons. The summed E-state index contributed by atoms with van der Waals surface area (Å²) in [7, 11) is 0. The van der Waals surface area contributed by atoms with Gasteiger partial charge in [0.15, 0.2) is 0 Å². The van der Waals surface area contributed by atoms with E-state index in [0.29, 0.717) is 19.7 Å². The second kappa shape index (κ2) is 21.9. The summed E-state index contributed by atoms with van der Waals surface area (Å²) in [5.41, 5.74) is 0. The summed E-state index contributed by atoms with van der Waals surface area (Å²) in [5, 5.41) is 27.6. The first kappa shape index (κ1) is 25.1. The van der Waals surface area contributed by atoms with Crippen molar-refractivity contribution in [3.63, 3.8) is 0 Å². The first-order valence-corrected chi connectivity index (χ1v) is 9.29. The molecule has 0 amide bonds. The van der Waals surface area contributed by atoms with Gasteiger partial charge in [-0.3, -0.25) is 9.59 Å². The van der Waals surface area contributed by atoms with Gasteiger partial charge in [-0.05, 0) is 6.42 Å². The maximum absolute atomic E-state index is 9.94. The Morgan fingerprint density at radius 2 is 1.08 bits per heavy atom. The largest absolute Gasteiger partial charge is 0.481 e. The molecule has 24 heavy (non-hydrogen) atoms. The highest BCUT2D eigenvalue weighted by molar-refractivity contribution is 5.67. The monoisotopic (exact) mass is 347 g/mol. The molecule has 0 heterocycles. The van der Waals surface area contributed by atoms with Crippen LogP contribution in [-0.4, -0.2) is 47.0 Å². The van der Waals surface area contributed by atoms with Crippen molar-refractivity contribution in [3.8, 4) is 0 Å². The van der Waals surface area contributed by atoms with Gasteiger partial charge in [0.25, 0.3) is 0 Å². The Hall–Kier alpha value is -1.14. The third kappa shape index (κ3) is 28.9. The van der Waals surface area contributed by atoms with Crippen molar-refractivity contribution in [3.05, 3.63) is 0 Å². The van der Waals surface area contributed by atoms with Crippen LogP contribution in [-0.2, 0) is 9.59 Å². The molecule has 0 aliphatic heterocycles. The SMILES string of the molecule is CCCCCCCCCCCCO.O=C(O)CCNCCC(=O)O. The van der Waals surface area contributed by atoms with Crippen LogP contribution >= 0.6 is 0 Å². The molecule has 0 unspecified atom stereocenters. The number of nitrogens with one attached hydrogen (secondary N) is 1. The van der Waals surface area contributed by atoms with Crippen LogP contribution in [0.4, 0.5) is 0 Å². The Bertz CT molecular complexity index is 259. The first-order valence-electron chi connectivity index (χ1n) is 9.29. The van der Waals surface area contributed by atoms with Crippen LogP contribution in [0.1, 0.15) is 84.0 Å². The highest BCUT2D eigenvalue weighted by Crippen LogP contribution is 2.09. The molecule has 144 valence electrons. The number of aliphatic hydroxyl groups excluding tert-OH is 1. The van der Waals surface area contributed by atoms with Crippen LogP contribution < -0.4 is 5.32 Å². The highest BCUT2D eigenvalue weighted by atomic mass is 16.4. The smallest absolute Gasteiger partial charge is 0.304 e. The normalized spacial score (nSPS) is 10.1. The average Bonchev–Trinajstić information content (AvgIpc) is 2.53. The van der Waals surface area contributed by atoms with Gasteiger partial charge in [0, 0.05) is 19.7 Å². The van der Waals surface area contributed by atoms with Gasteiger partial charge in [0.05, 0.1) is 12.8 Å². The molecule has 0 saturated carbocycles. The standard InChI is InChI=1S/C12H26O.C6H11NO4/c1-2-3-4-5-6-7-8-9-10-11-12-13;8-5(9)1-3-7-4-2-6(10)11/h13H,2-12H2,1H3;7H,1-4H2,(H,8,9)(H,10,11). The number of aliphatic carboxylic acids is 2. The van der Waals surface area contributed by atoms with Gasteiger partial charge in [0.2, 0.25) is 0 Å². The second-order valence-electron chi connectivity index (χ2n) is 5.94. The van der Waals surface area contributed by atoms with Crippen LogP contribution in [0.5, 0.6) is 0 Å². The number of rotatable bonds is 16. The van der Waals surface area contributed by atoms with Crippen molar-refractivity contribution in [2.75, 3.05) is 19.7 Å². The molecule has 0 atom stereocenters. The minimum absolute atomic E-state index is 0.0274. The first-order chi connectivity index (χ1) is 11.5. The van der Waals surface area contributed by atoms with Crippen LogP contribution in [0.25, 0.3) is 0 Å². The number of hydrogen-bond donors (Lipinski definition) is 4. The number of carboxylic acid groups (broad SMARTS) is 2. The van der Waals surface area contributed by atoms with E-state index in [2.05, 4.69) is 12.2 Å². The average molecular weight is 347 g/mol. The molecular weight excluding hydrogens is 310 g/mol. The lowest BCUT2D eigenvalue weighted by molar-refractivity contribution is -0.137. The van der Waals surface area contributed by atoms with Crippen molar-refractivity contribution < 1.29 is 24.9 Å². The zero-order chi connectivity index (χ0) is 18.5. The van der Waals surface area contributed by atoms with E-state index < -0.39 is 11.9 Å². The third-order valence-corrected chi connectivity index (χ3v) is 3.54. The Morgan fingerprint density at radius 1 is 0.708 bits per heavy atom. The fourth-order valence-electron chi connectivity index (χ4n) is 2.11. The summed E-state index contributed by atoms with van der Waals surface area (Å²) in [6.45, 7) is 3.27. The predicted octanol–water partition coefficient (Wildman–Crippen LogP) is 3.43. The van der Waals surface area contributed by atoms with E-state index in [4.69, 9.17) is 15.3 Å². The third-order valence-electron chi connectivity index (χ3n) is 3.54. The molecule has 0 spiro atoms. The van der Waals surface area contributed by atoms with Crippen molar-refractivity contribution >= 4 is 11.9 Å². The summed E-state index contributed by atoms with van der Waals surface area (Å²) < 4.78 is 0. The molecule has 6 nitrogen and oxygen atoms in total. The molecule has 0 rings (SSSR count). The molecule has 0 aliphatic rings. The Balaban J connectivity index is 0. The molecule has 4 N–H and O–H groups in total. The summed E-state index contributed by atoms with van der Waals surface area (Å²) in [6, 6.07) is 0. The van der Waals surface area contributed by atoms with Gasteiger partial charge in [-0.1, -0.05) is 64.7 Å². The van der Waals surface area contributed by atoms with Crippen molar-refractivity contribution in [2.24, 2.45) is 0 Å². The number of hydrogen-bond acceptors (Lipinski definition) is 4. The lowest BCUT2D eigenvalue weighted by atomic mass is 10.1. The van der Waals surface area contributed by atoms with E-state index in [1.165, 1.54) is 57.8 Å². The highest BCUT2D eigenvalue weighted by Gasteiger charge is 1.97. The lowest BCUT2D eigenvalue weighted by Crippen LogP contribution is -2.21. The van der Waals surface area contributed by atoms with Gasteiger partial charge in [-0.2, -0.15) is 0 Å². The van der Waals surface area contributed by atoms with Crippen molar-refractivity contribution in [1.82, 2.24) is 5.32 Å². The minimum Gasteiger partial charge on any atom is -0.481 e. The zero-order valence-electron chi connectivity index (χ0n) is 15.3. The van der Waals surface area contributed by atoms with Gasteiger partial charge in [-0.15, -0.1) is 0 Å². The van der Waals surface area contributed by atoms with Crippen LogP contribution in [0, 0.1) is 0 Å². The van der Waals surface area contributed by atoms with Crippen molar-refractivity contribution in [2.45, 2.75) is 84.0 Å². The molecule has 0 aliphatic carbocycles. The van der Waals surface area contributed by atoms with Gasteiger partial charge < -0.3 is 20.6 Å². The molecule has 0 bridgehead atoms. The molecule has 0 aromatic carbocycles. The second-order valence-corrected chi connectivity index (χ2v) is 5.94. The van der Waals surface area contributed by atoms with E-state index in [-0.39, 0.29) is 12.8 Å². The molecule has 0 fully saturated rings. The summed E-state index contributed by atoms with van der Waals surface area (Å²) in [4.78, 5) is 19.9. The van der Waals surface area contributed by atoms with E-state index in [1.54, 1.807) is 0 Å². The maximum Gasteiger partial charge on any atom is 0.304 e. The molecule has 0 aromatic rings. The van der Waals surface area contributed by atoms with Gasteiger partial charge >= 0.3 is 11.9 Å². The fourth-order valence-corrected chi connectivity index (χ4v) is 2.11. The van der Waals surface area contributed by atoms with Gasteiger partial charge in [-0.25, -0.2) is 0 Å². The van der Waals surface area contributed by atoms with Crippen LogP contribution in [0.15, 0.2) is 0 Å². The molecule has 0 aromatic heterocycles. The van der Waals surface area contributed by atoms with E-state index in [0.717, 1.165) is 6.42 Å². The number of carboxylic acids is 2. The molecule has 6 heteroatoms. The number of unbranched alkanes of at least 4 members (excludes halogenated alkanes) is 9. The Morgan fingerprint density at radius 3 is 1.42 bits per heavy atom. The van der Waals surface area contributed by atoms with Crippen LogP contribution in [0.3, 0.4) is 0 Å². The summed E-state index contributed by atoms with van der Waals surface area (Å²) in [5.74, 6) is -1.76. The topological polar surface area (TPSA) is 107 Å². The minimum atomic E-state index is -0.882. The summed E-state index contributed by atoms with van der Waals surface area (Å²) in [6.07, 6.45) is 13.4. The quantitative estimate of drug-likeness (QED) is 0.319. The van der Waals surface area contributed by atoms with E-state index in [1.807, 2.05) is 0 Å². The fraction of sp³-hybridized carbons (Fsp3) is 0.889. The molecular formula is C18H37NO5. The van der Waals surface area contributed by atoms with Crippen LogP contribution in [0.2, 0.25) is 0 Å². The summed E-state index contributed by atoms with van der Waals surface area (Å²) >= 11 is 0. The van der Waals surface area contributed by atoms with Crippen molar-refractivity contribution in [1.29, 1.82) is 0 Å². The number of aliphatic hydroxyl groups is 1. The van der Waals surface area contributed by atoms with E-state index >= 15 is 0 Å². The van der Waals surface area contributed by atoms with E-state index in [9.17, 15) is 9.59 Å². The number of carbonyl (C=O) groups is 2. The maximum atomic E-state index is 9.94. The zero-order valence-corrected chi connectivity index (χ0v) is 15.3. The molecule has 0 saturated heterocycles. The predicted molar refractivity (Wildman–Crippen MR) is 96.3 cm³/mol. The van der Waals surface area contributed by atoms with Gasteiger partial charge in [0.1, 0.15) is 0 Å². The lowest BCUT2D eigenvalue weighted by Gasteiger charge is -2.00. The Labute approximate surface area is 146 Å².